The maximum atomic E-state index is 13.1. The van der Waals surface area contributed by atoms with E-state index in [1.54, 1.807) is 18.9 Å². The first-order valence-electron chi connectivity index (χ1n) is 10.2. The Hall–Kier alpha value is -2.18. The number of halogens is 1. The van der Waals surface area contributed by atoms with Crippen LogP contribution in [0.3, 0.4) is 0 Å². The summed E-state index contributed by atoms with van der Waals surface area (Å²) in [5.41, 5.74) is 1.67. The van der Waals surface area contributed by atoms with Crippen molar-refractivity contribution in [1.82, 2.24) is 10.2 Å². The van der Waals surface area contributed by atoms with Gasteiger partial charge >= 0.3 is 0 Å². The SMILES string of the molecule is COc1ccc(CN(C(=O)CSCc2ccc(Cl)cc2)[C@@H](C)C(=O)NC(C)(C)C)cc1. The van der Waals surface area contributed by atoms with Crippen LogP contribution in [0.15, 0.2) is 48.5 Å². The number of benzene rings is 2. The molecule has 0 spiro atoms. The van der Waals surface area contributed by atoms with Crippen molar-refractivity contribution in [2.24, 2.45) is 0 Å². The molecule has 0 bridgehead atoms. The average molecular weight is 463 g/mol. The van der Waals surface area contributed by atoms with E-state index in [0.29, 0.717) is 17.3 Å². The molecule has 2 aromatic carbocycles. The second kappa shape index (κ2) is 11.4. The van der Waals surface area contributed by atoms with Crippen LogP contribution in [0.4, 0.5) is 0 Å². The van der Waals surface area contributed by atoms with Gasteiger partial charge in [-0.15, -0.1) is 11.8 Å². The molecule has 2 aromatic rings. The van der Waals surface area contributed by atoms with E-state index in [4.69, 9.17) is 16.3 Å². The molecule has 31 heavy (non-hydrogen) atoms. The molecule has 0 aliphatic carbocycles. The van der Waals surface area contributed by atoms with Gasteiger partial charge in [-0.2, -0.15) is 0 Å². The van der Waals surface area contributed by atoms with Crippen molar-refractivity contribution in [3.63, 3.8) is 0 Å². The van der Waals surface area contributed by atoms with Gasteiger partial charge in [0, 0.05) is 22.9 Å². The van der Waals surface area contributed by atoms with Gasteiger partial charge in [-0.25, -0.2) is 0 Å². The Balaban J connectivity index is 2.09. The van der Waals surface area contributed by atoms with Gasteiger partial charge < -0.3 is 15.0 Å². The molecule has 1 atom stereocenters. The first-order valence-corrected chi connectivity index (χ1v) is 11.7. The molecular weight excluding hydrogens is 432 g/mol. The minimum absolute atomic E-state index is 0.0775. The molecule has 0 fully saturated rings. The molecule has 0 saturated heterocycles. The minimum atomic E-state index is -0.593. The van der Waals surface area contributed by atoms with Gasteiger partial charge in [-0.1, -0.05) is 35.9 Å². The second-order valence-corrected chi connectivity index (χ2v) is 9.83. The van der Waals surface area contributed by atoms with Crippen LogP contribution >= 0.6 is 23.4 Å². The van der Waals surface area contributed by atoms with Gasteiger partial charge in [-0.05, 0) is 63.1 Å². The summed E-state index contributed by atoms with van der Waals surface area (Å²) >= 11 is 7.45. The number of rotatable bonds is 9. The highest BCUT2D eigenvalue weighted by atomic mass is 35.5. The topological polar surface area (TPSA) is 58.6 Å². The van der Waals surface area contributed by atoms with Gasteiger partial charge in [0.15, 0.2) is 0 Å². The molecule has 2 rings (SSSR count). The molecule has 0 unspecified atom stereocenters. The van der Waals surface area contributed by atoms with Gasteiger partial charge in [-0.3, -0.25) is 9.59 Å². The number of nitrogens with one attached hydrogen (secondary N) is 1. The van der Waals surface area contributed by atoms with Gasteiger partial charge in [0.1, 0.15) is 11.8 Å². The van der Waals surface area contributed by atoms with Crippen molar-refractivity contribution >= 4 is 35.2 Å². The predicted octanol–water partition coefficient (Wildman–Crippen LogP) is 4.91. The van der Waals surface area contributed by atoms with Crippen LogP contribution in [0.1, 0.15) is 38.8 Å². The molecular formula is C24H31ClN2O3S. The van der Waals surface area contributed by atoms with Crippen molar-refractivity contribution < 1.29 is 14.3 Å². The average Bonchev–Trinajstić information content (AvgIpc) is 2.72. The van der Waals surface area contributed by atoms with E-state index in [0.717, 1.165) is 16.9 Å². The number of ether oxygens (including phenoxy) is 1. The largest absolute Gasteiger partial charge is 0.497 e. The van der Waals surface area contributed by atoms with Crippen molar-refractivity contribution in [2.75, 3.05) is 12.9 Å². The predicted molar refractivity (Wildman–Crippen MR) is 129 cm³/mol. The second-order valence-electron chi connectivity index (χ2n) is 8.40. The zero-order chi connectivity index (χ0) is 23.0. The zero-order valence-corrected chi connectivity index (χ0v) is 20.3. The third-order valence-corrected chi connectivity index (χ3v) is 5.83. The summed E-state index contributed by atoms with van der Waals surface area (Å²) in [4.78, 5) is 27.5. The Morgan fingerprint density at radius 2 is 1.65 bits per heavy atom. The number of nitrogens with zero attached hydrogens (tertiary/aromatic N) is 1. The Morgan fingerprint density at radius 1 is 1.06 bits per heavy atom. The molecule has 7 heteroatoms. The first-order chi connectivity index (χ1) is 14.6. The molecule has 1 N–H and O–H groups in total. The summed E-state index contributed by atoms with van der Waals surface area (Å²) in [5.74, 6) is 1.48. The van der Waals surface area contributed by atoms with Gasteiger partial charge in [0.2, 0.25) is 11.8 Å². The number of thioether (sulfide) groups is 1. The van der Waals surface area contributed by atoms with E-state index >= 15 is 0 Å². The molecule has 0 aliphatic heterocycles. The summed E-state index contributed by atoms with van der Waals surface area (Å²) in [5, 5.41) is 3.66. The minimum Gasteiger partial charge on any atom is -0.497 e. The van der Waals surface area contributed by atoms with Gasteiger partial charge in [0.05, 0.1) is 12.9 Å². The van der Waals surface area contributed by atoms with Crippen LogP contribution in [-0.2, 0) is 21.9 Å². The highest BCUT2D eigenvalue weighted by molar-refractivity contribution is 7.99. The fraction of sp³-hybridized carbons (Fsp3) is 0.417. The Morgan fingerprint density at radius 3 is 2.19 bits per heavy atom. The zero-order valence-electron chi connectivity index (χ0n) is 18.8. The number of methoxy groups -OCH3 is 1. The van der Waals surface area contributed by atoms with E-state index in [2.05, 4.69) is 5.32 Å². The number of carbonyl (C=O) groups excluding carboxylic acids is 2. The summed E-state index contributed by atoms with van der Waals surface area (Å²) in [6.45, 7) is 7.90. The molecule has 0 aromatic heterocycles. The van der Waals surface area contributed by atoms with Crippen LogP contribution in [0, 0.1) is 0 Å². The lowest BCUT2D eigenvalue weighted by atomic mass is 10.1. The van der Waals surface area contributed by atoms with E-state index in [-0.39, 0.29) is 23.1 Å². The number of carbonyl (C=O) groups is 2. The molecule has 2 amide bonds. The van der Waals surface area contributed by atoms with Crippen LogP contribution in [-0.4, -0.2) is 41.2 Å². The van der Waals surface area contributed by atoms with Crippen molar-refractivity contribution in [3.8, 4) is 5.75 Å². The molecule has 0 heterocycles. The molecule has 5 nitrogen and oxygen atoms in total. The van der Waals surface area contributed by atoms with Crippen molar-refractivity contribution in [3.05, 3.63) is 64.7 Å². The molecule has 0 radical (unpaired) electrons. The molecule has 168 valence electrons. The van der Waals surface area contributed by atoms with Crippen LogP contribution in [0.25, 0.3) is 0 Å². The fourth-order valence-corrected chi connectivity index (χ4v) is 3.90. The third kappa shape index (κ3) is 8.46. The summed E-state index contributed by atoms with van der Waals surface area (Å²) < 4.78 is 5.21. The smallest absolute Gasteiger partial charge is 0.242 e. The van der Waals surface area contributed by atoms with Crippen LogP contribution in [0.2, 0.25) is 5.02 Å². The fourth-order valence-electron chi connectivity index (χ4n) is 2.90. The highest BCUT2D eigenvalue weighted by Gasteiger charge is 2.28. The maximum Gasteiger partial charge on any atom is 0.242 e. The quantitative estimate of drug-likeness (QED) is 0.575. The Labute approximate surface area is 194 Å². The Bertz CT molecular complexity index is 864. The first kappa shape index (κ1) is 25.1. The lowest BCUT2D eigenvalue weighted by Crippen LogP contribution is -2.52. The third-order valence-electron chi connectivity index (χ3n) is 4.58. The lowest BCUT2D eigenvalue weighted by Gasteiger charge is -2.31. The van der Waals surface area contributed by atoms with Crippen molar-refractivity contribution in [1.29, 1.82) is 0 Å². The normalized spacial score (nSPS) is 12.2. The molecule has 0 aliphatic rings. The van der Waals surface area contributed by atoms with E-state index in [1.165, 1.54) is 11.8 Å². The number of hydrogen-bond donors (Lipinski definition) is 1. The standard InChI is InChI=1S/C24H31ClN2O3S/c1-17(23(29)26-24(2,3)4)27(14-18-8-12-21(30-5)13-9-18)22(28)16-31-15-19-6-10-20(25)11-7-19/h6-13,17H,14-16H2,1-5H3,(H,26,29)/t17-/m0/s1. The van der Waals surface area contributed by atoms with E-state index in [9.17, 15) is 9.59 Å². The number of amides is 2. The van der Waals surface area contributed by atoms with Crippen molar-refractivity contribution in [2.45, 2.75) is 51.6 Å². The monoisotopic (exact) mass is 462 g/mol. The highest BCUT2D eigenvalue weighted by Crippen LogP contribution is 2.19. The Kier molecular flexibility index (Phi) is 9.26. The number of hydrogen-bond acceptors (Lipinski definition) is 4. The van der Waals surface area contributed by atoms with E-state index in [1.807, 2.05) is 69.3 Å². The van der Waals surface area contributed by atoms with Gasteiger partial charge in [0.25, 0.3) is 0 Å². The maximum absolute atomic E-state index is 13.1. The summed E-state index contributed by atoms with van der Waals surface area (Å²) in [6, 6.07) is 14.5. The van der Waals surface area contributed by atoms with Crippen LogP contribution in [0.5, 0.6) is 5.75 Å². The molecule has 0 saturated carbocycles. The van der Waals surface area contributed by atoms with E-state index < -0.39 is 6.04 Å². The summed E-state index contributed by atoms with van der Waals surface area (Å²) in [6.07, 6.45) is 0. The van der Waals surface area contributed by atoms with Crippen LogP contribution < -0.4 is 10.1 Å². The summed E-state index contributed by atoms with van der Waals surface area (Å²) in [7, 11) is 1.61. The lowest BCUT2D eigenvalue weighted by molar-refractivity contribution is -0.139.